The summed E-state index contributed by atoms with van der Waals surface area (Å²) in [4.78, 5) is 0. The Morgan fingerprint density at radius 3 is 1.11 bits per heavy atom. The fraction of sp³-hybridized carbons (Fsp3) is 1.00. The average molecular weight is 884 g/mol. The minimum Gasteiger partial charge on any atom is -0.0651 e. The minimum absolute atomic E-state index is 0.849. The van der Waals surface area contributed by atoms with E-state index in [1.165, 1.54) is 257 Å². The molecule has 0 bridgehead atoms. The molecule has 1 aliphatic rings. The molecule has 0 heterocycles. The average Bonchev–Trinajstić information content (AvgIpc) is 3.25. The van der Waals surface area contributed by atoms with Crippen molar-refractivity contribution >= 4 is 0 Å². The van der Waals surface area contributed by atoms with Crippen LogP contribution in [0.2, 0.25) is 0 Å². The van der Waals surface area contributed by atoms with Crippen molar-refractivity contribution in [2.24, 2.45) is 65.1 Å². The molecule has 0 aromatic carbocycles. The molecule has 0 nitrogen and oxygen atoms in total. The zero-order valence-corrected chi connectivity index (χ0v) is 46.3. The highest BCUT2D eigenvalue weighted by Gasteiger charge is 2.27. The molecule has 0 amide bonds. The lowest BCUT2D eigenvalue weighted by Crippen LogP contribution is -2.23. The van der Waals surface area contributed by atoms with E-state index in [4.69, 9.17) is 0 Å². The maximum absolute atomic E-state index is 2.58. The maximum Gasteiger partial charge on any atom is -0.0386 e. The first-order valence-electron chi connectivity index (χ1n) is 30.4. The van der Waals surface area contributed by atoms with Gasteiger partial charge in [-0.25, -0.2) is 0 Å². The lowest BCUT2D eigenvalue weighted by molar-refractivity contribution is 0.165. The first-order chi connectivity index (χ1) is 30.4. The first-order valence-corrected chi connectivity index (χ1v) is 30.4. The molecule has 0 aromatic rings. The fourth-order valence-electron chi connectivity index (χ4n) is 12.1. The van der Waals surface area contributed by atoms with Crippen molar-refractivity contribution < 1.29 is 0 Å². The predicted octanol–water partition coefficient (Wildman–Crippen LogP) is 23.0. The van der Waals surface area contributed by atoms with Gasteiger partial charge in [0.25, 0.3) is 0 Å². The molecule has 378 valence electrons. The summed E-state index contributed by atoms with van der Waals surface area (Å²) < 4.78 is 0. The van der Waals surface area contributed by atoms with Gasteiger partial charge in [-0.1, -0.05) is 320 Å². The van der Waals surface area contributed by atoms with Crippen LogP contribution < -0.4 is 0 Å². The van der Waals surface area contributed by atoms with Crippen LogP contribution in [0.25, 0.3) is 0 Å². The topological polar surface area (TPSA) is 0 Å². The standard InChI is InChI=1S/C63H126/c1-12-62(54(4)5)51-59(10)46-45-57(8)43-36-35-42-56(7)40-32-26-20-19-24-30-38-55(6)39-31-25-21-22-27-33-41-58(9)47-50-63-52-61(49-48-60(63)11)44-34-28-18-16-14-13-15-17-23-29-37-53(2)3/h53-63H,12-52H2,1-11H3/t55?,56?,57?,58?,59?,60?,61?,62-,63?/m0/s1. The second-order valence-corrected chi connectivity index (χ2v) is 24.9. The summed E-state index contributed by atoms with van der Waals surface area (Å²) in [7, 11) is 0. The Hall–Kier alpha value is 0. The maximum atomic E-state index is 2.58. The molecule has 1 rings (SSSR count). The molecular weight excluding hydrogens is 757 g/mol. The van der Waals surface area contributed by atoms with Crippen LogP contribution in [-0.4, -0.2) is 0 Å². The van der Waals surface area contributed by atoms with Gasteiger partial charge >= 0.3 is 0 Å². The van der Waals surface area contributed by atoms with Crippen molar-refractivity contribution in [3.05, 3.63) is 0 Å². The molecule has 0 spiro atoms. The first kappa shape index (κ1) is 61.0. The number of hydrogen-bond acceptors (Lipinski definition) is 0. The SMILES string of the molecule is CC[C@@H](CC(C)CCC(C)CCCCC(C)CCCCCCCCC(C)CCCCCCCCC(C)CCC1CC(CCCCCCCCCCCCC(C)C)CCC1C)C(C)C. The normalized spacial score (nSPS) is 20.0. The van der Waals surface area contributed by atoms with Crippen LogP contribution in [-0.2, 0) is 0 Å². The molecule has 0 aliphatic heterocycles. The summed E-state index contributed by atoms with van der Waals surface area (Å²) in [5.74, 6) is 10.4. The molecule has 0 heteroatoms. The summed E-state index contributed by atoms with van der Waals surface area (Å²) in [6.07, 6.45) is 60.6. The van der Waals surface area contributed by atoms with Gasteiger partial charge in [0.05, 0.1) is 0 Å². The van der Waals surface area contributed by atoms with Gasteiger partial charge in [0.15, 0.2) is 0 Å². The zero-order valence-electron chi connectivity index (χ0n) is 46.3. The largest absolute Gasteiger partial charge is 0.0651 e. The van der Waals surface area contributed by atoms with Gasteiger partial charge in [-0.3, -0.25) is 0 Å². The van der Waals surface area contributed by atoms with Crippen molar-refractivity contribution in [3.63, 3.8) is 0 Å². The molecule has 1 fully saturated rings. The lowest BCUT2D eigenvalue weighted by Gasteiger charge is -2.35. The summed E-state index contributed by atoms with van der Waals surface area (Å²) in [6, 6.07) is 0. The number of unbranched alkanes of at least 4 members (excludes halogenated alkanes) is 20. The molecule has 0 radical (unpaired) electrons. The van der Waals surface area contributed by atoms with Crippen molar-refractivity contribution in [2.45, 2.75) is 339 Å². The monoisotopic (exact) mass is 883 g/mol. The Morgan fingerprint density at radius 2 is 0.698 bits per heavy atom. The van der Waals surface area contributed by atoms with E-state index in [0.29, 0.717) is 0 Å². The van der Waals surface area contributed by atoms with Gasteiger partial charge in [0, 0.05) is 0 Å². The molecule has 1 saturated carbocycles. The van der Waals surface area contributed by atoms with E-state index in [1.807, 2.05) is 0 Å². The van der Waals surface area contributed by atoms with Crippen LogP contribution in [0.5, 0.6) is 0 Å². The Kier molecular flexibility index (Phi) is 40.8. The van der Waals surface area contributed by atoms with Gasteiger partial charge in [0.2, 0.25) is 0 Å². The van der Waals surface area contributed by atoms with Crippen LogP contribution >= 0.6 is 0 Å². The van der Waals surface area contributed by atoms with Crippen LogP contribution in [0.1, 0.15) is 339 Å². The molecule has 63 heavy (non-hydrogen) atoms. The van der Waals surface area contributed by atoms with E-state index >= 15 is 0 Å². The summed E-state index contributed by atoms with van der Waals surface area (Å²) in [6.45, 7) is 27.2. The molecule has 1 aliphatic carbocycles. The van der Waals surface area contributed by atoms with E-state index in [2.05, 4.69) is 76.2 Å². The van der Waals surface area contributed by atoms with E-state index in [-0.39, 0.29) is 0 Å². The van der Waals surface area contributed by atoms with Crippen molar-refractivity contribution in [2.75, 3.05) is 0 Å². The van der Waals surface area contributed by atoms with Crippen LogP contribution in [0, 0.1) is 65.1 Å². The molecule has 0 saturated heterocycles. The highest BCUT2D eigenvalue weighted by molar-refractivity contribution is 4.79. The number of rotatable bonds is 46. The number of hydrogen-bond donors (Lipinski definition) is 0. The summed E-state index contributed by atoms with van der Waals surface area (Å²) >= 11 is 0. The third-order valence-corrected chi connectivity index (χ3v) is 17.4. The second kappa shape index (κ2) is 42.1. The molecule has 9 atom stereocenters. The van der Waals surface area contributed by atoms with E-state index < -0.39 is 0 Å². The minimum atomic E-state index is 0.849. The quantitative estimate of drug-likeness (QED) is 0.0535. The highest BCUT2D eigenvalue weighted by Crippen LogP contribution is 2.39. The van der Waals surface area contributed by atoms with Gasteiger partial charge in [-0.2, -0.15) is 0 Å². The van der Waals surface area contributed by atoms with E-state index in [9.17, 15) is 0 Å². The Balaban J connectivity index is 1.90. The lowest BCUT2D eigenvalue weighted by atomic mass is 9.71. The Morgan fingerprint density at radius 1 is 0.349 bits per heavy atom. The third-order valence-electron chi connectivity index (χ3n) is 17.4. The molecule has 0 aromatic heterocycles. The summed E-state index contributed by atoms with van der Waals surface area (Å²) in [5.41, 5.74) is 0. The van der Waals surface area contributed by atoms with E-state index in [1.54, 1.807) is 6.42 Å². The van der Waals surface area contributed by atoms with Crippen LogP contribution in [0.4, 0.5) is 0 Å². The summed E-state index contributed by atoms with van der Waals surface area (Å²) in [5, 5.41) is 0. The highest BCUT2D eigenvalue weighted by atomic mass is 14.3. The van der Waals surface area contributed by atoms with Gasteiger partial charge < -0.3 is 0 Å². The Labute approximate surface area is 402 Å². The second-order valence-electron chi connectivity index (χ2n) is 24.9. The van der Waals surface area contributed by atoms with Gasteiger partial charge in [-0.15, -0.1) is 0 Å². The fourth-order valence-corrected chi connectivity index (χ4v) is 12.1. The van der Waals surface area contributed by atoms with Crippen LogP contribution in [0.3, 0.4) is 0 Å². The van der Waals surface area contributed by atoms with Crippen LogP contribution in [0.15, 0.2) is 0 Å². The molecular formula is C63H126. The van der Waals surface area contributed by atoms with E-state index in [0.717, 1.165) is 65.1 Å². The third kappa shape index (κ3) is 37.6. The molecule has 0 N–H and O–H groups in total. The van der Waals surface area contributed by atoms with Crippen molar-refractivity contribution in [1.82, 2.24) is 0 Å². The predicted molar refractivity (Wildman–Crippen MR) is 290 cm³/mol. The van der Waals surface area contributed by atoms with Gasteiger partial charge in [-0.05, 0) is 84.4 Å². The van der Waals surface area contributed by atoms with Crippen molar-refractivity contribution in [1.29, 1.82) is 0 Å². The van der Waals surface area contributed by atoms with Crippen molar-refractivity contribution in [3.8, 4) is 0 Å². The smallest absolute Gasteiger partial charge is 0.0386 e. The molecule has 8 unspecified atom stereocenters. The van der Waals surface area contributed by atoms with Gasteiger partial charge in [0.1, 0.15) is 0 Å². The Bertz CT molecular complexity index is 915. The zero-order chi connectivity index (χ0) is 46.3.